The van der Waals surface area contributed by atoms with Gasteiger partial charge in [-0.2, -0.15) is 0 Å². The minimum atomic E-state index is -0.209. The zero-order valence-electron chi connectivity index (χ0n) is 16.9. The number of nitrogens with zero attached hydrogens (tertiary/aromatic N) is 1. The van der Waals surface area contributed by atoms with Crippen LogP contribution in [0.2, 0.25) is 0 Å². The second-order valence-corrected chi connectivity index (χ2v) is 8.76. The molecule has 1 atom stereocenters. The molecule has 2 aliphatic rings. The lowest BCUT2D eigenvalue weighted by Gasteiger charge is -2.31. The van der Waals surface area contributed by atoms with E-state index in [4.69, 9.17) is 15.2 Å². The van der Waals surface area contributed by atoms with E-state index in [1.807, 2.05) is 30.3 Å². The monoisotopic (exact) mass is 429 g/mol. The van der Waals surface area contributed by atoms with E-state index >= 15 is 0 Å². The average Bonchev–Trinajstić information content (AvgIpc) is 3.27. The van der Waals surface area contributed by atoms with E-state index < -0.39 is 0 Å². The standard InChI is InChI=1S/C22H27N3O4S/c23-21(26)16-3-1-9-25(14-16)10-2-8-24-22(27)20-7-6-19(30-20)15-4-5-17-18(13-15)29-12-11-28-17/h4-7,13,16H,1-3,8-12,14H2,(H2,23,26)(H,24,27). The molecule has 4 rings (SSSR count). The molecule has 1 aromatic carbocycles. The van der Waals surface area contributed by atoms with Crippen LogP contribution in [0.3, 0.4) is 0 Å². The van der Waals surface area contributed by atoms with Crippen molar-refractivity contribution in [1.29, 1.82) is 0 Å². The molecule has 0 bridgehead atoms. The smallest absolute Gasteiger partial charge is 0.261 e. The molecule has 3 heterocycles. The summed E-state index contributed by atoms with van der Waals surface area (Å²) in [5, 5.41) is 3.00. The fourth-order valence-corrected chi connectivity index (χ4v) is 4.81. The van der Waals surface area contributed by atoms with E-state index in [0.29, 0.717) is 24.6 Å². The van der Waals surface area contributed by atoms with Crippen LogP contribution in [0.5, 0.6) is 11.5 Å². The highest BCUT2D eigenvalue weighted by Crippen LogP contribution is 2.36. The van der Waals surface area contributed by atoms with Gasteiger partial charge in [0, 0.05) is 18.0 Å². The van der Waals surface area contributed by atoms with E-state index in [2.05, 4.69) is 10.2 Å². The molecule has 30 heavy (non-hydrogen) atoms. The number of carbonyl (C=O) groups excluding carboxylic acids is 2. The van der Waals surface area contributed by atoms with E-state index in [-0.39, 0.29) is 17.7 Å². The molecule has 1 saturated heterocycles. The highest BCUT2D eigenvalue weighted by molar-refractivity contribution is 7.17. The summed E-state index contributed by atoms with van der Waals surface area (Å²) in [5.74, 6) is 1.19. The lowest BCUT2D eigenvalue weighted by atomic mass is 9.97. The number of likely N-dealkylation sites (tertiary alicyclic amines) is 1. The fraction of sp³-hybridized carbons (Fsp3) is 0.455. The van der Waals surface area contributed by atoms with Gasteiger partial charge >= 0.3 is 0 Å². The Bertz CT molecular complexity index is 914. The summed E-state index contributed by atoms with van der Waals surface area (Å²) < 4.78 is 11.2. The normalized spacial score (nSPS) is 18.7. The Labute approximate surface area is 180 Å². The third-order valence-electron chi connectivity index (χ3n) is 5.50. The molecule has 0 radical (unpaired) electrons. The van der Waals surface area contributed by atoms with Gasteiger partial charge in [0.25, 0.3) is 5.91 Å². The number of hydrogen-bond donors (Lipinski definition) is 2. The molecule has 1 aromatic heterocycles. The van der Waals surface area contributed by atoms with Gasteiger partial charge in [-0.05, 0) is 68.2 Å². The van der Waals surface area contributed by atoms with Crippen molar-refractivity contribution in [3.63, 3.8) is 0 Å². The molecule has 2 amide bonds. The van der Waals surface area contributed by atoms with E-state index in [1.54, 1.807) is 0 Å². The van der Waals surface area contributed by atoms with Crippen molar-refractivity contribution < 1.29 is 19.1 Å². The maximum Gasteiger partial charge on any atom is 0.261 e. The maximum atomic E-state index is 12.5. The Kier molecular flexibility index (Phi) is 6.54. The Hall–Kier alpha value is -2.58. The number of benzene rings is 1. The molecular weight excluding hydrogens is 402 g/mol. The van der Waals surface area contributed by atoms with Gasteiger partial charge in [0.1, 0.15) is 13.2 Å². The molecule has 1 fully saturated rings. The van der Waals surface area contributed by atoms with Gasteiger partial charge in [-0.3, -0.25) is 9.59 Å². The number of carbonyl (C=O) groups is 2. The minimum absolute atomic E-state index is 0.0431. The molecule has 0 spiro atoms. The van der Waals surface area contributed by atoms with Crippen LogP contribution in [0.15, 0.2) is 30.3 Å². The van der Waals surface area contributed by atoms with Gasteiger partial charge < -0.3 is 25.4 Å². The molecule has 2 aromatic rings. The Balaban J connectivity index is 1.26. The van der Waals surface area contributed by atoms with Gasteiger partial charge in [0.2, 0.25) is 5.91 Å². The molecule has 3 N–H and O–H groups in total. The molecular formula is C22H27N3O4S. The lowest BCUT2D eigenvalue weighted by molar-refractivity contribution is -0.123. The van der Waals surface area contributed by atoms with Gasteiger partial charge in [-0.1, -0.05) is 0 Å². The highest BCUT2D eigenvalue weighted by Gasteiger charge is 2.23. The van der Waals surface area contributed by atoms with Crippen LogP contribution >= 0.6 is 11.3 Å². The predicted molar refractivity (Wildman–Crippen MR) is 116 cm³/mol. The number of piperidine rings is 1. The minimum Gasteiger partial charge on any atom is -0.486 e. The van der Waals surface area contributed by atoms with Gasteiger partial charge in [-0.15, -0.1) is 11.3 Å². The largest absolute Gasteiger partial charge is 0.486 e. The van der Waals surface area contributed by atoms with Crippen LogP contribution in [-0.4, -0.2) is 56.1 Å². The Morgan fingerprint density at radius 3 is 2.83 bits per heavy atom. The zero-order valence-corrected chi connectivity index (χ0v) is 17.7. The highest BCUT2D eigenvalue weighted by atomic mass is 32.1. The number of ether oxygens (including phenoxy) is 2. The van der Waals surface area contributed by atoms with Crippen LogP contribution in [-0.2, 0) is 4.79 Å². The maximum absolute atomic E-state index is 12.5. The number of primary amides is 1. The predicted octanol–water partition coefficient (Wildman–Crippen LogP) is 2.50. The Morgan fingerprint density at radius 1 is 1.17 bits per heavy atom. The van der Waals surface area contributed by atoms with Crippen LogP contribution in [0, 0.1) is 5.92 Å². The number of hydrogen-bond acceptors (Lipinski definition) is 6. The van der Waals surface area contributed by atoms with E-state index in [1.165, 1.54) is 11.3 Å². The van der Waals surface area contributed by atoms with Crippen LogP contribution in [0.4, 0.5) is 0 Å². The first-order valence-corrected chi connectivity index (χ1v) is 11.2. The summed E-state index contributed by atoms with van der Waals surface area (Å²) >= 11 is 1.46. The van der Waals surface area contributed by atoms with Crippen molar-refractivity contribution in [3.8, 4) is 21.9 Å². The second kappa shape index (κ2) is 9.49. The lowest BCUT2D eigenvalue weighted by Crippen LogP contribution is -2.42. The third kappa shape index (κ3) is 4.94. The summed E-state index contributed by atoms with van der Waals surface area (Å²) in [7, 11) is 0. The number of rotatable bonds is 7. The van der Waals surface area contributed by atoms with Crippen molar-refractivity contribution >= 4 is 23.2 Å². The Morgan fingerprint density at radius 2 is 2.00 bits per heavy atom. The fourth-order valence-electron chi connectivity index (χ4n) is 3.89. The molecule has 1 unspecified atom stereocenters. The molecule has 0 aliphatic carbocycles. The van der Waals surface area contributed by atoms with Crippen molar-refractivity contribution in [1.82, 2.24) is 10.2 Å². The number of fused-ring (bicyclic) bond motifs is 1. The summed E-state index contributed by atoms with van der Waals surface area (Å²) in [6.07, 6.45) is 2.72. The van der Waals surface area contributed by atoms with Crippen LogP contribution in [0.25, 0.3) is 10.4 Å². The van der Waals surface area contributed by atoms with Crippen molar-refractivity contribution in [2.75, 3.05) is 39.4 Å². The molecule has 2 aliphatic heterocycles. The molecule has 8 heteroatoms. The van der Waals surface area contributed by atoms with Crippen molar-refractivity contribution in [3.05, 3.63) is 35.2 Å². The molecule has 160 valence electrons. The summed E-state index contributed by atoms with van der Waals surface area (Å²) in [6, 6.07) is 9.67. The van der Waals surface area contributed by atoms with Gasteiger partial charge in [0.05, 0.1) is 10.8 Å². The van der Waals surface area contributed by atoms with Gasteiger partial charge in [-0.25, -0.2) is 0 Å². The number of thiophene rings is 1. The SMILES string of the molecule is NC(=O)C1CCCN(CCCNC(=O)c2ccc(-c3ccc4c(c3)OCCO4)s2)C1. The number of nitrogens with two attached hydrogens (primary N) is 1. The quantitative estimate of drug-likeness (QED) is 0.660. The first-order chi connectivity index (χ1) is 14.6. The van der Waals surface area contributed by atoms with Crippen LogP contribution < -0.4 is 20.5 Å². The second-order valence-electron chi connectivity index (χ2n) is 7.67. The van der Waals surface area contributed by atoms with E-state index in [0.717, 1.165) is 60.8 Å². The molecule has 0 saturated carbocycles. The van der Waals surface area contributed by atoms with Crippen molar-refractivity contribution in [2.45, 2.75) is 19.3 Å². The van der Waals surface area contributed by atoms with E-state index in [9.17, 15) is 9.59 Å². The number of nitrogens with one attached hydrogen (secondary N) is 1. The zero-order chi connectivity index (χ0) is 20.9. The van der Waals surface area contributed by atoms with Crippen LogP contribution in [0.1, 0.15) is 28.9 Å². The first kappa shape index (κ1) is 20.7. The average molecular weight is 430 g/mol. The third-order valence-corrected chi connectivity index (χ3v) is 6.63. The van der Waals surface area contributed by atoms with Gasteiger partial charge in [0.15, 0.2) is 11.5 Å². The number of amides is 2. The topological polar surface area (TPSA) is 93.9 Å². The summed E-state index contributed by atoms with van der Waals surface area (Å²) in [4.78, 5) is 27.8. The first-order valence-electron chi connectivity index (χ1n) is 10.4. The summed E-state index contributed by atoms with van der Waals surface area (Å²) in [5.41, 5.74) is 6.44. The van der Waals surface area contributed by atoms with Crippen molar-refractivity contribution in [2.24, 2.45) is 11.7 Å². The molecule has 7 nitrogen and oxygen atoms in total. The summed E-state index contributed by atoms with van der Waals surface area (Å²) in [6.45, 7) is 4.30.